The number of nitrogens with two attached hydrogens (primary N) is 2. The first-order valence-corrected chi connectivity index (χ1v) is 5.38. The van der Waals surface area contributed by atoms with E-state index in [1.807, 2.05) is 0 Å². The molecule has 0 saturated heterocycles. The molecule has 0 aromatic rings. The Bertz CT molecular complexity index is 284. The van der Waals surface area contributed by atoms with Crippen LogP contribution in [0.3, 0.4) is 0 Å². The summed E-state index contributed by atoms with van der Waals surface area (Å²) >= 11 is 0. The maximum atomic E-state index is 10.3. The second-order valence-corrected chi connectivity index (χ2v) is 4.28. The zero-order chi connectivity index (χ0) is 10.1. The maximum absolute atomic E-state index is 10.3. The van der Waals surface area contributed by atoms with Crippen molar-refractivity contribution in [3.05, 3.63) is 0 Å². The van der Waals surface area contributed by atoms with Crippen LogP contribution in [0.15, 0.2) is 0 Å². The van der Waals surface area contributed by atoms with Crippen molar-refractivity contribution in [2.75, 3.05) is 0 Å². The molecule has 0 amide bonds. The summed E-state index contributed by atoms with van der Waals surface area (Å²) in [4.78, 5) is 0. The maximum Gasteiger partial charge on any atom is 2.00 e. The topological polar surface area (TPSA) is 118 Å². The van der Waals surface area contributed by atoms with Gasteiger partial charge in [0.15, 0.2) is 0 Å². The first-order chi connectivity index (χ1) is 5.83. The number of rotatable bonds is 2. The predicted molar refractivity (Wildman–Crippen MR) is 44.1 cm³/mol. The smallest absolute Gasteiger partial charge is 0.725 e. The molecule has 86 valence electrons. The standard InChI is InChI=1S/C6H14N2O4S.Pt/c7-5-3-1-2-4-6(5,8)12-13(9,10)11;/h5H,1-4,7-8H2,(H,9,10,11);/q;+2/p-1. The van der Waals surface area contributed by atoms with Crippen LogP contribution in [-0.2, 0) is 35.6 Å². The third-order valence-electron chi connectivity index (χ3n) is 2.22. The SMILES string of the molecule is NC1CCCCC1(N)OS(=O)(=O)[O-].[Pt+2]. The van der Waals surface area contributed by atoms with E-state index in [0.29, 0.717) is 12.8 Å². The van der Waals surface area contributed by atoms with Crippen LogP contribution in [-0.4, -0.2) is 24.7 Å². The molecule has 2 unspecified atom stereocenters. The average molecular weight is 404 g/mol. The molecule has 1 rings (SSSR count). The van der Waals surface area contributed by atoms with Crippen molar-refractivity contribution in [3.8, 4) is 0 Å². The number of hydrogen-bond acceptors (Lipinski definition) is 6. The Labute approximate surface area is 97.6 Å². The van der Waals surface area contributed by atoms with Crippen LogP contribution < -0.4 is 11.5 Å². The molecule has 2 atom stereocenters. The molecular formula is C6H13N2O4PtS+. The predicted octanol–water partition coefficient (Wildman–Crippen LogP) is -0.983. The minimum Gasteiger partial charge on any atom is -0.725 e. The third-order valence-corrected chi connectivity index (χ3v) is 2.73. The van der Waals surface area contributed by atoms with Crippen LogP contribution in [0.4, 0.5) is 0 Å². The zero-order valence-corrected chi connectivity index (χ0v) is 10.5. The summed E-state index contributed by atoms with van der Waals surface area (Å²) in [5.41, 5.74) is 9.63. The molecule has 14 heavy (non-hydrogen) atoms. The van der Waals surface area contributed by atoms with Gasteiger partial charge >= 0.3 is 21.1 Å². The Morgan fingerprint density at radius 3 is 2.43 bits per heavy atom. The molecule has 0 radical (unpaired) electrons. The quantitative estimate of drug-likeness (QED) is 0.347. The molecule has 1 saturated carbocycles. The average Bonchev–Trinajstić information content (AvgIpc) is 1.92. The normalized spacial score (nSPS) is 33.5. The minimum atomic E-state index is -4.77. The molecule has 6 nitrogen and oxygen atoms in total. The molecular weight excluding hydrogens is 391 g/mol. The van der Waals surface area contributed by atoms with Crippen LogP contribution in [0, 0.1) is 0 Å². The van der Waals surface area contributed by atoms with Crippen molar-refractivity contribution < 1.29 is 38.2 Å². The van der Waals surface area contributed by atoms with E-state index < -0.39 is 22.2 Å². The first-order valence-electron chi connectivity index (χ1n) is 4.04. The first kappa shape index (κ1) is 14.5. The van der Waals surface area contributed by atoms with Crippen LogP contribution >= 0.6 is 0 Å². The third kappa shape index (κ3) is 3.92. The van der Waals surface area contributed by atoms with Gasteiger partial charge in [-0.2, -0.15) is 0 Å². The van der Waals surface area contributed by atoms with Gasteiger partial charge in [-0.3, -0.25) is 4.18 Å². The Morgan fingerprint density at radius 1 is 1.43 bits per heavy atom. The van der Waals surface area contributed by atoms with Crippen LogP contribution in [0.5, 0.6) is 0 Å². The van der Waals surface area contributed by atoms with Crippen molar-refractivity contribution >= 4 is 10.4 Å². The van der Waals surface area contributed by atoms with E-state index in [4.69, 9.17) is 11.5 Å². The fourth-order valence-corrected chi connectivity index (χ4v) is 2.08. The van der Waals surface area contributed by atoms with Crippen molar-refractivity contribution in [2.24, 2.45) is 11.5 Å². The Balaban J connectivity index is 0.00000169. The fourth-order valence-electron chi connectivity index (χ4n) is 1.49. The van der Waals surface area contributed by atoms with Gasteiger partial charge in [0.1, 0.15) is 5.72 Å². The molecule has 8 heteroatoms. The second kappa shape index (κ2) is 5.00. The van der Waals surface area contributed by atoms with Gasteiger partial charge in [-0.1, -0.05) is 6.42 Å². The van der Waals surface area contributed by atoms with Crippen molar-refractivity contribution in [3.63, 3.8) is 0 Å². The van der Waals surface area contributed by atoms with E-state index in [0.717, 1.165) is 12.8 Å². The number of hydrogen-bond donors (Lipinski definition) is 2. The van der Waals surface area contributed by atoms with Gasteiger partial charge in [-0.25, -0.2) is 8.42 Å². The summed E-state index contributed by atoms with van der Waals surface area (Å²) in [6, 6.07) is -0.593. The van der Waals surface area contributed by atoms with Gasteiger partial charge in [0.05, 0.1) is 0 Å². The van der Waals surface area contributed by atoms with Crippen LogP contribution in [0.1, 0.15) is 25.7 Å². The van der Waals surface area contributed by atoms with Crippen LogP contribution in [0.25, 0.3) is 0 Å². The molecule has 1 aliphatic carbocycles. The second-order valence-electron chi connectivity index (χ2n) is 3.30. The van der Waals surface area contributed by atoms with Crippen molar-refractivity contribution in [2.45, 2.75) is 37.5 Å². The van der Waals surface area contributed by atoms with Gasteiger partial charge in [-0.15, -0.1) is 0 Å². The Hall–Kier alpha value is 0.478. The minimum absolute atomic E-state index is 0. The Kier molecular flexibility index (Phi) is 5.18. The van der Waals surface area contributed by atoms with E-state index in [1.165, 1.54) is 0 Å². The van der Waals surface area contributed by atoms with Gasteiger partial charge in [-0.05, 0) is 19.3 Å². The van der Waals surface area contributed by atoms with E-state index in [1.54, 1.807) is 0 Å². The summed E-state index contributed by atoms with van der Waals surface area (Å²) < 4.78 is 35.3. The van der Waals surface area contributed by atoms with Crippen molar-refractivity contribution in [1.29, 1.82) is 0 Å². The van der Waals surface area contributed by atoms with E-state index >= 15 is 0 Å². The summed E-state index contributed by atoms with van der Waals surface area (Å²) in [7, 11) is -4.77. The molecule has 0 aliphatic heterocycles. The molecule has 0 aromatic carbocycles. The van der Waals surface area contributed by atoms with Crippen molar-refractivity contribution in [1.82, 2.24) is 0 Å². The van der Waals surface area contributed by atoms with Crippen LogP contribution in [0.2, 0.25) is 0 Å². The van der Waals surface area contributed by atoms with E-state index in [-0.39, 0.29) is 21.1 Å². The molecule has 1 aliphatic rings. The molecule has 0 bridgehead atoms. The van der Waals surface area contributed by atoms with E-state index in [9.17, 15) is 13.0 Å². The molecule has 4 N–H and O–H groups in total. The largest absolute Gasteiger partial charge is 2.00 e. The summed E-state index contributed by atoms with van der Waals surface area (Å²) in [6.07, 6.45) is 2.48. The summed E-state index contributed by atoms with van der Waals surface area (Å²) in [5, 5.41) is 0. The van der Waals surface area contributed by atoms with Gasteiger partial charge in [0.2, 0.25) is 10.4 Å². The summed E-state index contributed by atoms with van der Waals surface area (Å²) in [5.74, 6) is 0. The van der Waals surface area contributed by atoms with Gasteiger partial charge in [0, 0.05) is 6.04 Å². The molecule has 1 fully saturated rings. The summed E-state index contributed by atoms with van der Waals surface area (Å²) in [6.45, 7) is 0. The fraction of sp³-hybridized carbons (Fsp3) is 1.00. The molecule has 0 spiro atoms. The van der Waals surface area contributed by atoms with E-state index in [2.05, 4.69) is 4.18 Å². The molecule has 0 heterocycles. The van der Waals surface area contributed by atoms with Gasteiger partial charge < -0.3 is 16.0 Å². The Morgan fingerprint density at radius 2 is 2.00 bits per heavy atom. The monoisotopic (exact) mass is 404 g/mol. The molecule has 0 aromatic heterocycles. The zero-order valence-electron chi connectivity index (χ0n) is 7.42. The van der Waals surface area contributed by atoms with Gasteiger partial charge in [0.25, 0.3) is 0 Å².